The van der Waals surface area contributed by atoms with Crippen LogP contribution in [-0.2, 0) is 9.47 Å². The second-order valence-electron chi connectivity index (χ2n) is 5.22. The number of ether oxygens (including phenoxy) is 3. The Balaban J connectivity index is 1.84. The van der Waals surface area contributed by atoms with Crippen LogP contribution in [0.3, 0.4) is 0 Å². The minimum Gasteiger partial charge on any atom is -0.497 e. The van der Waals surface area contributed by atoms with Crippen molar-refractivity contribution in [2.75, 3.05) is 27.4 Å². The molecule has 6 nitrogen and oxygen atoms in total. The summed E-state index contributed by atoms with van der Waals surface area (Å²) in [5.74, 6) is 1.70. The molecule has 3 rings (SSSR count). The molecule has 3 aromatic rings. The first-order valence-electron chi connectivity index (χ1n) is 7.56. The third kappa shape index (κ3) is 3.38. The number of fused-ring (bicyclic) bond motifs is 1. The molecule has 0 radical (unpaired) electrons. The zero-order valence-corrected chi connectivity index (χ0v) is 13.6. The molecule has 0 saturated carbocycles. The molecule has 0 aliphatic carbocycles. The molecule has 6 heteroatoms. The van der Waals surface area contributed by atoms with Gasteiger partial charge in [0.15, 0.2) is 0 Å². The number of nitrogens with zero attached hydrogens (tertiary/aromatic N) is 1. The van der Waals surface area contributed by atoms with Gasteiger partial charge in [-0.25, -0.2) is 4.98 Å². The zero-order chi connectivity index (χ0) is 16.9. The van der Waals surface area contributed by atoms with Crippen LogP contribution in [0.5, 0.6) is 5.75 Å². The van der Waals surface area contributed by atoms with Crippen molar-refractivity contribution >= 4 is 16.9 Å². The summed E-state index contributed by atoms with van der Waals surface area (Å²) in [4.78, 5) is 7.87. The van der Waals surface area contributed by atoms with Crippen LogP contribution < -0.4 is 4.74 Å². The fourth-order valence-corrected chi connectivity index (χ4v) is 2.35. The summed E-state index contributed by atoms with van der Waals surface area (Å²) < 4.78 is 15.4. The van der Waals surface area contributed by atoms with Gasteiger partial charge in [-0.3, -0.25) is 5.41 Å². The summed E-state index contributed by atoms with van der Waals surface area (Å²) >= 11 is 0. The zero-order valence-electron chi connectivity index (χ0n) is 13.6. The van der Waals surface area contributed by atoms with E-state index in [4.69, 9.17) is 19.6 Å². The Morgan fingerprint density at radius 1 is 1.08 bits per heavy atom. The van der Waals surface area contributed by atoms with E-state index in [1.54, 1.807) is 14.2 Å². The van der Waals surface area contributed by atoms with Gasteiger partial charge in [-0.15, -0.1) is 0 Å². The van der Waals surface area contributed by atoms with E-state index >= 15 is 0 Å². The number of imidazole rings is 1. The third-order valence-corrected chi connectivity index (χ3v) is 3.64. The predicted octanol–water partition coefficient (Wildman–Crippen LogP) is 3.23. The maximum atomic E-state index is 7.97. The van der Waals surface area contributed by atoms with E-state index in [2.05, 4.69) is 9.97 Å². The highest BCUT2D eigenvalue weighted by Crippen LogP contribution is 2.23. The summed E-state index contributed by atoms with van der Waals surface area (Å²) in [6.45, 7) is 0.809. The van der Waals surface area contributed by atoms with Gasteiger partial charge in [0, 0.05) is 18.2 Å². The summed E-state index contributed by atoms with van der Waals surface area (Å²) in [6.07, 6.45) is 0. The number of nitrogens with one attached hydrogen (secondary N) is 2. The topological polar surface area (TPSA) is 80.2 Å². The molecule has 0 fully saturated rings. The molecule has 0 bridgehead atoms. The molecule has 2 N–H and O–H groups in total. The maximum absolute atomic E-state index is 7.97. The summed E-state index contributed by atoms with van der Waals surface area (Å²) in [7, 11) is 3.24. The van der Waals surface area contributed by atoms with E-state index < -0.39 is 0 Å². The van der Waals surface area contributed by atoms with Crippen LogP contribution in [0.25, 0.3) is 22.4 Å². The van der Waals surface area contributed by atoms with Gasteiger partial charge in [-0.05, 0) is 42.5 Å². The van der Waals surface area contributed by atoms with Crippen molar-refractivity contribution in [3.63, 3.8) is 0 Å². The molecule has 1 aromatic heterocycles. The minimum atomic E-state index is 0.120. The molecule has 0 aliphatic heterocycles. The highest BCUT2D eigenvalue weighted by atomic mass is 16.5. The monoisotopic (exact) mass is 325 g/mol. The molecule has 0 atom stereocenters. The predicted molar refractivity (Wildman–Crippen MR) is 92.7 cm³/mol. The first kappa shape index (κ1) is 16.0. The van der Waals surface area contributed by atoms with E-state index in [1.807, 2.05) is 42.5 Å². The molecule has 124 valence electrons. The normalized spacial score (nSPS) is 10.8. The van der Waals surface area contributed by atoms with Crippen molar-refractivity contribution in [3.05, 3.63) is 48.0 Å². The quantitative estimate of drug-likeness (QED) is 0.414. The number of methoxy groups -OCH3 is 2. The summed E-state index contributed by atoms with van der Waals surface area (Å²) in [5.41, 5.74) is 3.37. The van der Waals surface area contributed by atoms with Crippen LogP contribution >= 0.6 is 0 Å². The fraction of sp³-hybridized carbons (Fsp3) is 0.222. The van der Waals surface area contributed by atoms with Crippen LogP contribution in [0.4, 0.5) is 0 Å². The molecule has 24 heavy (non-hydrogen) atoms. The molecule has 0 saturated heterocycles. The Bertz CT molecular complexity index is 840. The van der Waals surface area contributed by atoms with Crippen molar-refractivity contribution in [1.82, 2.24) is 9.97 Å². The van der Waals surface area contributed by atoms with Crippen molar-refractivity contribution < 1.29 is 14.2 Å². The van der Waals surface area contributed by atoms with Crippen molar-refractivity contribution in [3.8, 4) is 17.1 Å². The Hall–Kier alpha value is -2.86. The Kier molecular flexibility index (Phi) is 4.77. The van der Waals surface area contributed by atoms with E-state index in [-0.39, 0.29) is 5.90 Å². The number of aromatic nitrogens is 2. The summed E-state index contributed by atoms with van der Waals surface area (Å²) in [5, 5.41) is 7.97. The average Bonchev–Trinajstić information content (AvgIpc) is 3.05. The lowest BCUT2D eigenvalue weighted by Gasteiger charge is -2.06. The molecule has 0 unspecified atom stereocenters. The van der Waals surface area contributed by atoms with Crippen LogP contribution in [-0.4, -0.2) is 43.3 Å². The standard InChI is InChI=1S/C18H19N3O3/c1-22-9-10-24-17(19)13-5-8-15-16(11-13)21-18(20-15)12-3-6-14(23-2)7-4-12/h3-8,11,19H,9-10H2,1-2H3,(H,20,21). The molecular weight excluding hydrogens is 306 g/mol. The average molecular weight is 325 g/mol. The third-order valence-electron chi connectivity index (χ3n) is 3.64. The highest BCUT2D eigenvalue weighted by molar-refractivity contribution is 5.95. The van der Waals surface area contributed by atoms with Gasteiger partial charge in [0.25, 0.3) is 0 Å². The fourth-order valence-electron chi connectivity index (χ4n) is 2.35. The Morgan fingerprint density at radius 2 is 1.88 bits per heavy atom. The maximum Gasteiger partial charge on any atom is 0.213 e. The Labute approximate surface area is 139 Å². The van der Waals surface area contributed by atoms with Gasteiger partial charge in [0.05, 0.1) is 24.8 Å². The van der Waals surface area contributed by atoms with E-state index in [0.29, 0.717) is 18.8 Å². The van der Waals surface area contributed by atoms with Crippen LogP contribution in [0.1, 0.15) is 5.56 Å². The van der Waals surface area contributed by atoms with Crippen molar-refractivity contribution in [1.29, 1.82) is 5.41 Å². The molecule has 0 aliphatic rings. The minimum absolute atomic E-state index is 0.120. The van der Waals surface area contributed by atoms with E-state index in [1.165, 1.54) is 0 Å². The second-order valence-corrected chi connectivity index (χ2v) is 5.22. The van der Waals surface area contributed by atoms with E-state index in [9.17, 15) is 0 Å². The lowest BCUT2D eigenvalue weighted by molar-refractivity contribution is 0.141. The lowest BCUT2D eigenvalue weighted by Crippen LogP contribution is -2.09. The van der Waals surface area contributed by atoms with Crippen LogP contribution in [0.2, 0.25) is 0 Å². The number of hydrogen-bond acceptors (Lipinski definition) is 5. The molecule has 0 spiro atoms. The smallest absolute Gasteiger partial charge is 0.213 e. The first-order chi connectivity index (χ1) is 11.7. The number of hydrogen-bond donors (Lipinski definition) is 2. The van der Waals surface area contributed by atoms with Gasteiger partial charge in [-0.2, -0.15) is 0 Å². The first-order valence-corrected chi connectivity index (χ1v) is 7.56. The van der Waals surface area contributed by atoms with Crippen LogP contribution in [0.15, 0.2) is 42.5 Å². The van der Waals surface area contributed by atoms with Gasteiger partial charge in [-0.1, -0.05) is 0 Å². The second kappa shape index (κ2) is 7.14. The van der Waals surface area contributed by atoms with Crippen molar-refractivity contribution in [2.45, 2.75) is 0 Å². The van der Waals surface area contributed by atoms with Gasteiger partial charge in [0.1, 0.15) is 18.2 Å². The van der Waals surface area contributed by atoms with Gasteiger partial charge in [0.2, 0.25) is 5.90 Å². The van der Waals surface area contributed by atoms with Crippen molar-refractivity contribution in [2.24, 2.45) is 0 Å². The van der Waals surface area contributed by atoms with E-state index in [0.717, 1.165) is 28.2 Å². The number of benzene rings is 2. The van der Waals surface area contributed by atoms with Crippen LogP contribution in [0, 0.1) is 5.41 Å². The SMILES string of the molecule is COCCOC(=N)c1ccc2nc(-c3ccc(OC)cc3)[nH]c2c1. The molecule has 1 heterocycles. The number of aromatic amines is 1. The lowest BCUT2D eigenvalue weighted by atomic mass is 10.2. The number of H-pyrrole nitrogens is 1. The summed E-state index contributed by atoms with van der Waals surface area (Å²) in [6, 6.07) is 13.3. The van der Waals surface area contributed by atoms with Gasteiger partial charge >= 0.3 is 0 Å². The van der Waals surface area contributed by atoms with Gasteiger partial charge < -0.3 is 19.2 Å². The molecule has 2 aromatic carbocycles. The molecular formula is C18H19N3O3. The highest BCUT2D eigenvalue weighted by Gasteiger charge is 2.09. The molecule has 0 amide bonds. The largest absolute Gasteiger partial charge is 0.497 e. The Morgan fingerprint density at radius 3 is 2.58 bits per heavy atom. The number of rotatable bonds is 6.